The van der Waals surface area contributed by atoms with Crippen LogP contribution in [0.2, 0.25) is 0 Å². The van der Waals surface area contributed by atoms with Crippen LogP contribution in [0.1, 0.15) is 17.5 Å². The van der Waals surface area contributed by atoms with E-state index in [1.54, 1.807) is 6.92 Å². The molecule has 0 radical (unpaired) electrons. The van der Waals surface area contributed by atoms with E-state index in [0.29, 0.717) is 18.7 Å². The summed E-state index contributed by atoms with van der Waals surface area (Å²) in [5, 5.41) is 2.95. The van der Waals surface area contributed by atoms with Crippen LogP contribution in [-0.4, -0.2) is 13.1 Å². The van der Waals surface area contributed by atoms with Gasteiger partial charge in [-0.15, -0.1) is 0 Å². The second kappa shape index (κ2) is 5.78. The van der Waals surface area contributed by atoms with Crippen molar-refractivity contribution in [2.75, 3.05) is 13.1 Å². The van der Waals surface area contributed by atoms with Gasteiger partial charge in [-0.05, 0) is 38.1 Å². The Morgan fingerprint density at radius 2 is 2.07 bits per heavy atom. The minimum atomic E-state index is -0.502. The monoisotopic (exact) mass is 214 g/mol. The summed E-state index contributed by atoms with van der Waals surface area (Å²) >= 11 is 0. The molecule has 15 heavy (non-hydrogen) atoms. The Morgan fingerprint density at radius 3 is 2.73 bits per heavy atom. The zero-order valence-corrected chi connectivity index (χ0v) is 8.82. The molecule has 3 N–H and O–H groups in total. The van der Waals surface area contributed by atoms with Crippen molar-refractivity contribution < 1.29 is 8.78 Å². The minimum absolute atomic E-state index is 0.104. The predicted molar refractivity (Wildman–Crippen MR) is 56.5 cm³/mol. The molecule has 0 aliphatic heterocycles. The quantitative estimate of drug-likeness (QED) is 0.732. The second-order valence-corrected chi connectivity index (χ2v) is 3.48. The van der Waals surface area contributed by atoms with Gasteiger partial charge >= 0.3 is 0 Å². The largest absolute Gasteiger partial charge is 0.330 e. The molecule has 84 valence electrons. The van der Waals surface area contributed by atoms with E-state index in [9.17, 15) is 8.78 Å². The number of benzene rings is 1. The van der Waals surface area contributed by atoms with Crippen LogP contribution < -0.4 is 11.1 Å². The van der Waals surface area contributed by atoms with E-state index >= 15 is 0 Å². The first kappa shape index (κ1) is 12.1. The second-order valence-electron chi connectivity index (χ2n) is 3.48. The molecule has 0 unspecified atom stereocenters. The van der Waals surface area contributed by atoms with Crippen LogP contribution in [0.3, 0.4) is 0 Å². The number of nitrogens with one attached hydrogen (secondary N) is 1. The summed E-state index contributed by atoms with van der Waals surface area (Å²) in [5.74, 6) is -0.964. The molecule has 0 bridgehead atoms. The van der Waals surface area contributed by atoms with E-state index in [4.69, 9.17) is 5.73 Å². The van der Waals surface area contributed by atoms with E-state index in [1.165, 1.54) is 12.1 Å². The SMILES string of the molecule is Cc1ccc(F)c(CNCCCN)c1F. The number of nitrogens with two attached hydrogens (primary N) is 1. The van der Waals surface area contributed by atoms with Gasteiger partial charge in [0.05, 0.1) is 0 Å². The molecule has 0 aromatic heterocycles. The molecule has 1 aromatic rings. The Morgan fingerprint density at radius 1 is 1.33 bits per heavy atom. The van der Waals surface area contributed by atoms with E-state index in [0.717, 1.165) is 6.42 Å². The highest BCUT2D eigenvalue weighted by atomic mass is 19.1. The third kappa shape index (κ3) is 3.25. The Hall–Kier alpha value is -1.00. The van der Waals surface area contributed by atoms with E-state index < -0.39 is 11.6 Å². The zero-order chi connectivity index (χ0) is 11.3. The Labute approximate surface area is 88.5 Å². The van der Waals surface area contributed by atoms with Crippen molar-refractivity contribution in [2.45, 2.75) is 19.9 Å². The summed E-state index contributed by atoms with van der Waals surface area (Å²) in [7, 11) is 0. The fourth-order valence-electron chi connectivity index (χ4n) is 1.32. The normalized spacial score (nSPS) is 10.7. The molecule has 0 atom stereocenters. The summed E-state index contributed by atoms with van der Waals surface area (Å²) in [4.78, 5) is 0. The lowest BCUT2D eigenvalue weighted by Gasteiger charge is -2.08. The van der Waals surface area contributed by atoms with E-state index in [-0.39, 0.29) is 12.1 Å². The molecule has 0 saturated carbocycles. The molecule has 0 saturated heterocycles. The first-order chi connectivity index (χ1) is 7.16. The van der Waals surface area contributed by atoms with Crippen molar-refractivity contribution in [2.24, 2.45) is 5.73 Å². The van der Waals surface area contributed by atoms with Crippen molar-refractivity contribution in [3.63, 3.8) is 0 Å². The van der Waals surface area contributed by atoms with Crippen LogP contribution in [0.5, 0.6) is 0 Å². The minimum Gasteiger partial charge on any atom is -0.330 e. The van der Waals surface area contributed by atoms with Crippen LogP contribution in [0.4, 0.5) is 8.78 Å². The van der Waals surface area contributed by atoms with Gasteiger partial charge in [-0.1, -0.05) is 6.07 Å². The van der Waals surface area contributed by atoms with Gasteiger partial charge in [-0.3, -0.25) is 0 Å². The van der Waals surface area contributed by atoms with Crippen molar-refractivity contribution in [3.05, 3.63) is 34.9 Å². The molecule has 0 aliphatic rings. The number of rotatable bonds is 5. The van der Waals surface area contributed by atoms with Gasteiger partial charge in [-0.25, -0.2) is 8.78 Å². The van der Waals surface area contributed by atoms with Gasteiger partial charge in [0.25, 0.3) is 0 Å². The highest BCUT2D eigenvalue weighted by molar-refractivity contribution is 5.26. The fourth-order valence-corrected chi connectivity index (χ4v) is 1.32. The lowest BCUT2D eigenvalue weighted by molar-refractivity contribution is 0.529. The summed E-state index contributed by atoms with van der Waals surface area (Å²) in [6.07, 6.45) is 0.801. The molecule has 0 heterocycles. The lowest BCUT2D eigenvalue weighted by Crippen LogP contribution is -2.19. The first-order valence-corrected chi connectivity index (χ1v) is 5.01. The van der Waals surface area contributed by atoms with Gasteiger partial charge in [0, 0.05) is 12.1 Å². The van der Waals surface area contributed by atoms with E-state index in [1.807, 2.05) is 0 Å². The van der Waals surface area contributed by atoms with Gasteiger partial charge in [-0.2, -0.15) is 0 Å². The number of halogens is 2. The number of hydrogen-bond acceptors (Lipinski definition) is 2. The Balaban J connectivity index is 2.63. The molecular weight excluding hydrogens is 198 g/mol. The third-order valence-electron chi connectivity index (χ3n) is 2.24. The number of aryl methyl sites for hydroxylation is 1. The molecule has 4 heteroatoms. The maximum atomic E-state index is 13.5. The highest BCUT2D eigenvalue weighted by Gasteiger charge is 2.10. The smallest absolute Gasteiger partial charge is 0.133 e. The summed E-state index contributed by atoms with van der Waals surface area (Å²) < 4.78 is 26.7. The Bertz CT molecular complexity index is 327. The fraction of sp³-hybridized carbons (Fsp3) is 0.455. The molecule has 2 nitrogen and oxygen atoms in total. The molecule has 0 aliphatic carbocycles. The van der Waals surface area contributed by atoms with E-state index in [2.05, 4.69) is 5.32 Å². The van der Waals surface area contributed by atoms with Crippen molar-refractivity contribution in [3.8, 4) is 0 Å². The highest BCUT2D eigenvalue weighted by Crippen LogP contribution is 2.15. The summed E-state index contributed by atoms with van der Waals surface area (Å²) in [6, 6.07) is 2.73. The molecular formula is C11H16F2N2. The lowest BCUT2D eigenvalue weighted by atomic mass is 10.1. The van der Waals surface area contributed by atoms with Gasteiger partial charge in [0.1, 0.15) is 11.6 Å². The van der Waals surface area contributed by atoms with Gasteiger partial charge in [0.2, 0.25) is 0 Å². The average molecular weight is 214 g/mol. The molecule has 1 aromatic carbocycles. The number of hydrogen-bond donors (Lipinski definition) is 2. The standard InChI is InChI=1S/C11H16F2N2/c1-8-3-4-10(12)9(11(8)13)7-15-6-2-5-14/h3-4,15H,2,5-7,14H2,1H3. The zero-order valence-electron chi connectivity index (χ0n) is 8.82. The molecule has 0 spiro atoms. The van der Waals surface area contributed by atoms with Crippen LogP contribution in [0.15, 0.2) is 12.1 Å². The van der Waals surface area contributed by atoms with Crippen LogP contribution in [0, 0.1) is 18.6 Å². The van der Waals surface area contributed by atoms with Crippen LogP contribution in [-0.2, 0) is 6.54 Å². The topological polar surface area (TPSA) is 38.0 Å². The summed E-state index contributed by atoms with van der Waals surface area (Å²) in [6.45, 7) is 3.08. The molecule has 0 fully saturated rings. The predicted octanol–water partition coefficient (Wildman–Crippen LogP) is 1.71. The Kier molecular flexibility index (Phi) is 4.65. The maximum Gasteiger partial charge on any atom is 0.133 e. The first-order valence-electron chi connectivity index (χ1n) is 5.01. The summed E-state index contributed by atoms with van der Waals surface area (Å²) in [5.41, 5.74) is 5.87. The van der Waals surface area contributed by atoms with Crippen LogP contribution in [0.25, 0.3) is 0 Å². The van der Waals surface area contributed by atoms with Gasteiger partial charge in [0.15, 0.2) is 0 Å². The van der Waals surface area contributed by atoms with Crippen molar-refractivity contribution >= 4 is 0 Å². The molecule has 1 rings (SSSR count). The molecule has 0 amide bonds. The average Bonchev–Trinajstić information content (AvgIpc) is 2.23. The van der Waals surface area contributed by atoms with Crippen LogP contribution >= 0.6 is 0 Å². The van der Waals surface area contributed by atoms with Gasteiger partial charge < -0.3 is 11.1 Å². The van der Waals surface area contributed by atoms with Crippen molar-refractivity contribution in [1.82, 2.24) is 5.32 Å². The maximum absolute atomic E-state index is 13.5. The third-order valence-corrected chi connectivity index (χ3v) is 2.24. The van der Waals surface area contributed by atoms with Crippen molar-refractivity contribution in [1.29, 1.82) is 0 Å².